The number of carboxylic acid groups (broad SMARTS) is 1. The van der Waals surface area contributed by atoms with Crippen molar-refractivity contribution in [2.24, 2.45) is 5.92 Å². The Kier molecular flexibility index (Phi) is 4.47. The number of rotatable bonds is 6. The molecule has 0 aromatic heterocycles. The van der Waals surface area contributed by atoms with Gasteiger partial charge in [0.15, 0.2) is 0 Å². The molecule has 0 aromatic carbocycles. The van der Waals surface area contributed by atoms with Gasteiger partial charge in [0.2, 0.25) is 15.9 Å². The van der Waals surface area contributed by atoms with E-state index in [0.29, 0.717) is 6.54 Å². The summed E-state index contributed by atoms with van der Waals surface area (Å²) in [7, 11) is -3.37. The van der Waals surface area contributed by atoms with Gasteiger partial charge in [0.05, 0.1) is 11.7 Å². The van der Waals surface area contributed by atoms with Gasteiger partial charge in [0.25, 0.3) is 0 Å². The quantitative estimate of drug-likeness (QED) is 0.631. The number of nitrogens with one attached hydrogen (secondary N) is 1. The molecule has 0 radical (unpaired) electrons. The lowest BCUT2D eigenvalue weighted by Crippen LogP contribution is -2.35. The number of carbonyl (C=O) groups excluding carboxylic acids is 1. The number of hydrogen-bond donors (Lipinski definition) is 2. The van der Waals surface area contributed by atoms with E-state index in [0.717, 1.165) is 0 Å². The van der Waals surface area contributed by atoms with E-state index in [-0.39, 0.29) is 31.2 Å². The fraction of sp³-hybridized carbons (Fsp3) is 0.778. The number of likely N-dealkylation sites (tertiary alicyclic amines) is 1. The van der Waals surface area contributed by atoms with Crippen LogP contribution in [0.25, 0.3) is 0 Å². The van der Waals surface area contributed by atoms with Gasteiger partial charge < -0.3 is 10.0 Å². The van der Waals surface area contributed by atoms with Crippen molar-refractivity contribution in [1.82, 2.24) is 9.62 Å². The predicted molar refractivity (Wildman–Crippen MR) is 59.8 cm³/mol. The second-order valence-electron chi connectivity index (χ2n) is 3.90. The lowest BCUT2D eigenvalue weighted by molar-refractivity contribution is -0.141. The zero-order valence-corrected chi connectivity index (χ0v) is 10.4. The van der Waals surface area contributed by atoms with Crippen LogP contribution in [0.2, 0.25) is 0 Å². The molecule has 17 heavy (non-hydrogen) atoms. The van der Waals surface area contributed by atoms with E-state index in [2.05, 4.69) is 4.72 Å². The van der Waals surface area contributed by atoms with Crippen molar-refractivity contribution in [2.75, 3.05) is 25.4 Å². The second kappa shape index (κ2) is 5.46. The summed E-state index contributed by atoms with van der Waals surface area (Å²) in [4.78, 5) is 23.4. The maximum Gasteiger partial charge on any atom is 0.308 e. The second-order valence-corrected chi connectivity index (χ2v) is 5.82. The number of carboxylic acids is 1. The molecule has 0 spiro atoms. The molecule has 1 atom stereocenters. The van der Waals surface area contributed by atoms with Crippen LogP contribution in [0.4, 0.5) is 0 Å². The summed E-state index contributed by atoms with van der Waals surface area (Å²) in [5.74, 6) is -2.23. The molecule has 2 N–H and O–H groups in total. The summed E-state index contributed by atoms with van der Waals surface area (Å²) in [5, 5.41) is 8.75. The fourth-order valence-electron chi connectivity index (χ4n) is 1.68. The summed E-state index contributed by atoms with van der Waals surface area (Å²) >= 11 is 0. The standard InChI is InChI=1S/C9H16N2O5S/c1-2-10-17(15,16)4-3-11-6-7(9(13)14)5-8(11)12/h7,10H,2-6H2,1H3,(H,13,14). The van der Waals surface area contributed by atoms with Crippen LogP contribution in [0.3, 0.4) is 0 Å². The highest BCUT2D eigenvalue weighted by Crippen LogP contribution is 2.17. The van der Waals surface area contributed by atoms with Gasteiger partial charge in [-0.25, -0.2) is 13.1 Å². The average molecular weight is 264 g/mol. The first-order valence-corrected chi connectivity index (χ1v) is 6.99. The van der Waals surface area contributed by atoms with Gasteiger partial charge in [-0.1, -0.05) is 6.92 Å². The number of aliphatic carboxylic acids is 1. The highest BCUT2D eigenvalue weighted by molar-refractivity contribution is 7.89. The van der Waals surface area contributed by atoms with Gasteiger partial charge in [-0.2, -0.15) is 0 Å². The van der Waals surface area contributed by atoms with Crippen molar-refractivity contribution in [3.63, 3.8) is 0 Å². The largest absolute Gasteiger partial charge is 0.481 e. The molecular formula is C9H16N2O5S. The maximum absolute atomic E-state index is 11.4. The van der Waals surface area contributed by atoms with Gasteiger partial charge in [-0.05, 0) is 0 Å². The van der Waals surface area contributed by atoms with Crippen LogP contribution in [0.1, 0.15) is 13.3 Å². The van der Waals surface area contributed by atoms with Crippen LogP contribution in [0, 0.1) is 5.92 Å². The monoisotopic (exact) mass is 264 g/mol. The number of nitrogens with zero attached hydrogens (tertiary/aromatic N) is 1. The van der Waals surface area contributed by atoms with E-state index in [1.165, 1.54) is 4.90 Å². The molecule has 1 saturated heterocycles. The maximum atomic E-state index is 11.4. The fourth-order valence-corrected chi connectivity index (χ4v) is 2.72. The van der Waals surface area contributed by atoms with E-state index in [9.17, 15) is 18.0 Å². The Hall–Kier alpha value is -1.15. The van der Waals surface area contributed by atoms with Crippen molar-refractivity contribution >= 4 is 21.9 Å². The summed E-state index contributed by atoms with van der Waals surface area (Å²) in [6, 6.07) is 0. The molecule has 1 aliphatic rings. The third kappa shape index (κ3) is 3.97. The Balaban J connectivity index is 2.49. The summed E-state index contributed by atoms with van der Waals surface area (Å²) in [6.07, 6.45) is -0.0451. The first-order valence-electron chi connectivity index (χ1n) is 5.33. The van der Waals surface area contributed by atoms with E-state index >= 15 is 0 Å². The molecule has 7 nitrogen and oxygen atoms in total. The average Bonchev–Trinajstić information content (AvgIpc) is 2.57. The minimum Gasteiger partial charge on any atom is -0.481 e. The minimum atomic E-state index is -3.37. The molecule has 1 amide bonds. The Morgan fingerprint density at radius 1 is 1.59 bits per heavy atom. The topological polar surface area (TPSA) is 104 Å². The first-order chi connectivity index (χ1) is 7.85. The third-order valence-corrected chi connectivity index (χ3v) is 4.01. The number of carbonyl (C=O) groups is 2. The minimum absolute atomic E-state index is 0.0396. The molecule has 1 unspecified atom stereocenters. The van der Waals surface area contributed by atoms with Crippen LogP contribution in [0.5, 0.6) is 0 Å². The van der Waals surface area contributed by atoms with Crippen LogP contribution in [-0.2, 0) is 19.6 Å². The lowest BCUT2D eigenvalue weighted by atomic mass is 10.1. The van der Waals surface area contributed by atoms with Crippen molar-refractivity contribution < 1.29 is 23.1 Å². The number of sulfonamides is 1. The number of amides is 1. The molecular weight excluding hydrogens is 248 g/mol. The Labute approximate surface area is 99.8 Å². The Morgan fingerprint density at radius 2 is 2.24 bits per heavy atom. The highest BCUT2D eigenvalue weighted by atomic mass is 32.2. The third-order valence-electron chi connectivity index (χ3n) is 2.56. The summed E-state index contributed by atoms with van der Waals surface area (Å²) in [5.41, 5.74) is 0. The Morgan fingerprint density at radius 3 is 2.71 bits per heavy atom. The molecule has 1 aliphatic heterocycles. The predicted octanol–water partition coefficient (Wildman–Crippen LogP) is -1.14. The van der Waals surface area contributed by atoms with Crippen LogP contribution in [0.15, 0.2) is 0 Å². The summed E-state index contributed by atoms with van der Waals surface area (Å²) < 4.78 is 25.0. The number of hydrogen-bond acceptors (Lipinski definition) is 4. The van der Waals surface area contributed by atoms with Gasteiger partial charge in [0.1, 0.15) is 0 Å². The molecule has 1 rings (SSSR count). The SMILES string of the molecule is CCNS(=O)(=O)CCN1CC(C(=O)O)CC1=O. The van der Waals surface area contributed by atoms with E-state index in [1.807, 2.05) is 0 Å². The molecule has 98 valence electrons. The molecule has 0 saturated carbocycles. The molecule has 0 aromatic rings. The van der Waals surface area contributed by atoms with Gasteiger partial charge in [-0.15, -0.1) is 0 Å². The highest BCUT2D eigenvalue weighted by Gasteiger charge is 2.34. The van der Waals surface area contributed by atoms with Crippen molar-refractivity contribution in [2.45, 2.75) is 13.3 Å². The van der Waals surface area contributed by atoms with Crippen LogP contribution >= 0.6 is 0 Å². The lowest BCUT2D eigenvalue weighted by Gasteiger charge is -2.15. The molecule has 1 fully saturated rings. The normalized spacial score (nSPS) is 20.9. The molecule has 8 heteroatoms. The zero-order valence-electron chi connectivity index (χ0n) is 9.55. The summed E-state index contributed by atoms with van der Waals surface area (Å²) in [6.45, 7) is 2.10. The molecule has 0 aliphatic carbocycles. The molecule has 1 heterocycles. The first kappa shape index (κ1) is 13.9. The van der Waals surface area contributed by atoms with Gasteiger partial charge in [-0.3, -0.25) is 9.59 Å². The van der Waals surface area contributed by atoms with Crippen LogP contribution < -0.4 is 4.72 Å². The van der Waals surface area contributed by atoms with Gasteiger partial charge >= 0.3 is 5.97 Å². The molecule has 0 bridgehead atoms. The van der Waals surface area contributed by atoms with E-state index < -0.39 is 21.9 Å². The van der Waals surface area contributed by atoms with E-state index in [4.69, 9.17) is 5.11 Å². The van der Waals surface area contributed by atoms with E-state index in [1.54, 1.807) is 6.92 Å². The van der Waals surface area contributed by atoms with Crippen molar-refractivity contribution in [1.29, 1.82) is 0 Å². The Bertz CT molecular complexity index is 406. The smallest absolute Gasteiger partial charge is 0.308 e. The van der Waals surface area contributed by atoms with Crippen LogP contribution in [-0.4, -0.2) is 55.7 Å². The van der Waals surface area contributed by atoms with Crippen molar-refractivity contribution in [3.05, 3.63) is 0 Å². The van der Waals surface area contributed by atoms with Crippen molar-refractivity contribution in [3.8, 4) is 0 Å². The van der Waals surface area contributed by atoms with Gasteiger partial charge in [0, 0.05) is 26.1 Å². The zero-order chi connectivity index (χ0) is 13.1.